The second kappa shape index (κ2) is 6.56. The van der Waals surface area contributed by atoms with Gasteiger partial charge in [-0.25, -0.2) is 0 Å². The quantitative estimate of drug-likeness (QED) is 0.732. The van der Waals surface area contributed by atoms with Crippen molar-refractivity contribution in [2.75, 3.05) is 32.9 Å². The Morgan fingerprint density at radius 3 is 2.87 bits per heavy atom. The van der Waals surface area contributed by atoms with Gasteiger partial charge in [-0.05, 0) is 50.9 Å². The molecule has 4 nitrogen and oxygen atoms in total. The van der Waals surface area contributed by atoms with Gasteiger partial charge in [0.2, 0.25) is 5.91 Å². The Kier molecular flexibility index (Phi) is 4.46. The molecule has 0 N–H and O–H groups in total. The van der Waals surface area contributed by atoms with Gasteiger partial charge in [0.15, 0.2) is 0 Å². The molecule has 2 atom stereocenters. The summed E-state index contributed by atoms with van der Waals surface area (Å²) in [6, 6.07) is 0. The normalized spacial score (nSPS) is 34.6. The van der Waals surface area contributed by atoms with Crippen molar-refractivity contribution in [3.63, 3.8) is 0 Å². The molecule has 2 aliphatic heterocycles. The Morgan fingerprint density at radius 2 is 2.09 bits per heavy atom. The van der Waals surface area contributed by atoms with Crippen molar-refractivity contribution in [1.82, 2.24) is 4.90 Å². The van der Waals surface area contributed by atoms with Crippen molar-refractivity contribution in [3.05, 3.63) is 12.2 Å². The third-order valence-corrected chi connectivity index (χ3v) is 6.10. The molecule has 128 valence electrons. The van der Waals surface area contributed by atoms with Crippen molar-refractivity contribution in [3.8, 4) is 0 Å². The maximum absolute atomic E-state index is 12.8. The van der Waals surface area contributed by atoms with Crippen LogP contribution in [0, 0.1) is 17.3 Å². The van der Waals surface area contributed by atoms with Gasteiger partial charge in [0.05, 0.1) is 12.7 Å². The lowest BCUT2D eigenvalue weighted by Crippen LogP contribution is -2.58. The van der Waals surface area contributed by atoms with E-state index in [1.165, 1.54) is 12.8 Å². The van der Waals surface area contributed by atoms with Gasteiger partial charge in [-0.1, -0.05) is 12.2 Å². The summed E-state index contributed by atoms with van der Waals surface area (Å²) in [6.45, 7) is 4.22. The minimum atomic E-state index is 0.0348. The van der Waals surface area contributed by atoms with Crippen LogP contribution >= 0.6 is 0 Å². The van der Waals surface area contributed by atoms with Crippen molar-refractivity contribution in [2.24, 2.45) is 17.3 Å². The molecule has 2 saturated heterocycles. The molecule has 2 heterocycles. The van der Waals surface area contributed by atoms with E-state index in [1.54, 1.807) is 0 Å². The summed E-state index contributed by atoms with van der Waals surface area (Å²) in [5, 5.41) is 0. The van der Waals surface area contributed by atoms with Crippen molar-refractivity contribution >= 4 is 5.91 Å². The minimum absolute atomic E-state index is 0.0348. The maximum atomic E-state index is 12.8. The van der Waals surface area contributed by atoms with Gasteiger partial charge in [0.25, 0.3) is 0 Å². The van der Waals surface area contributed by atoms with E-state index in [0.717, 1.165) is 70.9 Å². The zero-order chi connectivity index (χ0) is 15.7. The number of nitrogens with zero attached hydrogens (tertiary/aromatic N) is 1. The van der Waals surface area contributed by atoms with E-state index < -0.39 is 0 Å². The highest BCUT2D eigenvalue weighted by Crippen LogP contribution is 2.41. The molecule has 0 bridgehead atoms. The summed E-state index contributed by atoms with van der Waals surface area (Å²) in [5.74, 6) is 1.32. The number of piperidine rings is 1. The van der Waals surface area contributed by atoms with Crippen molar-refractivity contribution < 1.29 is 14.3 Å². The Morgan fingerprint density at radius 1 is 1.26 bits per heavy atom. The maximum Gasteiger partial charge on any atom is 0.226 e. The molecule has 0 unspecified atom stereocenters. The van der Waals surface area contributed by atoms with Crippen molar-refractivity contribution in [1.29, 1.82) is 0 Å². The second-order valence-corrected chi connectivity index (χ2v) is 7.97. The first-order valence-electron chi connectivity index (χ1n) is 9.40. The van der Waals surface area contributed by atoms with Crippen LogP contribution in [0.4, 0.5) is 0 Å². The van der Waals surface area contributed by atoms with Crippen LogP contribution in [0.2, 0.25) is 0 Å². The lowest BCUT2D eigenvalue weighted by molar-refractivity contribution is -0.167. The summed E-state index contributed by atoms with van der Waals surface area (Å²) in [5.41, 5.74) is 0.0348. The average Bonchev–Trinajstić information content (AvgIpc) is 3.24. The topological polar surface area (TPSA) is 38.8 Å². The minimum Gasteiger partial charge on any atom is -0.380 e. The van der Waals surface area contributed by atoms with E-state index in [-0.39, 0.29) is 17.4 Å². The summed E-state index contributed by atoms with van der Waals surface area (Å²) in [6.07, 6.45) is 12.3. The van der Waals surface area contributed by atoms with Crippen LogP contribution in [0.15, 0.2) is 12.2 Å². The molecule has 1 saturated carbocycles. The number of carbonyl (C=O) groups is 1. The molecular formula is C19H29NO3. The molecule has 4 rings (SSSR count). The summed E-state index contributed by atoms with van der Waals surface area (Å²) < 4.78 is 12.2. The molecule has 3 fully saturated rings. The van der Waals surface area contributed by atoms with Crippen LogP contribution in [0.5, 0.6) is 0 Å². The molecule has 2 aliphatic carbocycles. The monoisotopic (exact) mass is 319 g/mol. The number of likely N-dealkylation sites (tertiary alicyclic amines) is 1. The Bertz CT molecular complexity index is 465. The number of hydrogen-bond acceptors (Lipinski definition) is 3. The van der Waals surface area contributed by atoms with Gasteiger partial charge < -0.3 is 14.4 Å². The van der Waals surface area contributed by atoms with Crippen LogP contribution in [-0.2, 0) is 14.3 Å². The SMILES string of the molecule is O=C(C1CC=CC1)N1CC[C@H]2OCCC[C@@]2(COCC2CC2)C1. The zero-order valence-electron chi connectivity index (χ0n) is 14.0. The summed E-state index contributed by atoms with van der Waals surface area (Å²) in [7, 11) is 0. The Hall–Kier alpha value is -0.870. The lowest BCUT2D eigenvalue weighted by Gasteiger charge is -2.50. The number of carbonyl (C=O) groups excluding carboxylic acids is 1. The highest BCUT2D eigenvalue weighted by atomic mass is 16.5. The van der Waals surface area contributed by atoms with E-state index in [2.05, 4.69) is 17.1 Å². The molecule has 0 aromatic carbocycles. The lowest BCUT2D eigenvalue weighted by atomic mass is 9.72. The average molecular weight is 319 g/mol. The van der Waals surface area contributed by atoms with E-state index >= 15 is 0 Å². The highest BCUT2D eigenvalue weighted by molar-refractivity contribution is 5.79. The number of rotatable bonds is 5. The largest absolute Gasteiger partial charge is 0.380 e. The fourth-order valence-corrected chi connectivity index (χ4v) is 4.48. The van der Waals surface area contributed by atoms with Crippen LogP contribution in [-0.4, -0.2) is 49.8 Å². The first-order valence-corrected chi connectivity index (χ1v) is 9.40. The second-order valence-electron chi connectivity index (χ2n) is 7.97. The predicted molar refractivity (Wildman–Crippen MR) is 88.0 cm³/mol. The smallest absolute Gasteiger partial charge is 0.226 e. The van der Waals surface area contributed by atoms with E-state index in [0.29, 0.717) is 5.91 Å². The molecule has 0 aromatic rings. The van der Waals surface area contributed by atoms with E-state index in [4.69, 9.17) is 9.47 Å². The van der Waals surface area contributed by atoms with E-state index in [9.17, 15) is 4.79 Å². The number of amides is 1. The fourth-order valence-electron chi connectivity index (χ4n) is 4.48. The number of hydrogen-bond donors (Lipinski definition) is 0. The standard InChI is InChI=1S/C19H29NO3/c21-18(16-4-1-2-5-16)20-10-8-17-19(13-20,9-3-11-23-17)14-22-12-15-6-7-15/h1-2,15-17H,3-14H2/t17-,19+/m1/s1. The first-order chi connectivity index (χ1) is 11.3. The Balaban J connectivity index is 1.41. The molecule has 0 aromatic heterocycles. The van der Waals surface area contributed by atoms with Gasteiger partial charge in [-0.2, -0.15) is 0 Å². The molecule has 0 spiro atoms. The van der Waals surface area contributed by atoms with Crippen molar-refractivity contribution in [2.45, 2.75) is 51.0 Å². The summed E-state index contributed by atoms with van der Waals surface area (Å²) in [4.78, 5) is 14.9. The molecule has 4 heteroatoms. The van der Waals surface area contributed by atoms with Gasteiger partial charge >= 0.3 is 0 Å². The molecular weight excluding hydrogens is 290 g/mol. The van der Waals surface area contributed by atoms with E-state index in [1.807, 2.05) is 0 Å². The first kappa shape index (κ1) is 15.6. The number of allylic oxidation sites excluding steroid dienone is 2. The number of fused-ring (bicyclic) bond motifs is 1. The Labute approximate surface area is 139 Å². The van der Waals surface area contributed by atoms with Gasteiger partial charge in [0, 0.05) is 37.6 Å². The van der Waals surface area contributed by atoms with Gasteiger partial charge in [0.1, 0.15) is 0 Å². The van der Waals surface area contributed by atoms with Gasteiger partial charge in [-0.15, -0.1) is 0 Å². The predicted octanol–water partition coefficient (Wildman–Crippen LogP) is 2.78. The molecule has 23 heavy (non-hydrogen) atoms. The van der Waals surface area contributed by atoms with Crippen LogP contribution in [0.1, 0.15) is 44.9 Å². The third kappa shape index (κ3) is 3.34. The molecule has 0 radical (unpaired) electrons. The molecule has 1 amide bonds. The van der Waals surface area contributed by atoms with Crippen LogP contribution < -0.4 is 0 Å². The fraction of sp³-hybridized carbons (Fsp3) is 0.842. The van der Waals surface area contributed by atoms with Crippen LogP contribution in [0.3, 0.4) is 0 Å². The third-order valence-electron chi connectivity index (χ3n) is 6.10. The zero-order valence-corrected chi connectivity index (χ0v) is 14.0. The highest BCUT2D eigenvalue weighted by Gasteiger charge is 2.48. The summed E-state index contributed by atoms with van der Waals surface area (Å²) >= 11 is 0. The molecule has 4 aliphatic rings. The number of ether oxygens (including phenoxy) is 2. The van der Waals surface area contributed by atoms with Gasteiger partial charge in [-0.3, -0.25) is 4.79 Å². The van der Waals surface area contributed by atoms with Crippen LogP contribution in [0.25, 0.3) is 0 Å².